The van der Waals surface area contributed by atoms with E-state index in [1.165, 1.54) is 0 Å². The first-order chi connectivity index (χ1) is 7.86. The van der Waals surface area contributed by atoms with Crippen LogP contribution in [0.3, 0.4) is 0 Å². The smallest absolute Gasteiger partial charge is 0.141 e. The molecule has 16 heavy (non-hydrogen) atoms. The highest BCUT2D eigenvalue weighted by atomic mass is 79.9. The minimum atomic E-state index is 0.587. The zero-order chi connectivity index (χ0) is 11.0. The van der Waals surface area contributed by atoms with Gasteiger partial charge in [-0.1, -0.05) is 12.1 Å². The topological polar surface area (TPSA) is 37.9 Å². The third kappa shape index (κ3) is 1.46. The lowest BCUT2D eigenvalue weighted by molar-refractivity contribution is 0.355. The number of para-hydroxylation sites is 1. The third-order valence-electron chi connectivity index (χ3n) is 2.56. The molecule has 2 heterocycles. The largest absolute Gasteiger partial charge is 0.488 e. The Hall–Kier alpha value is -1.55. The van der Waals surface area contributed by atoms with E-state index < -0.39 is 0 Å². The second-order valence-corrected chi connectivity index (χ2v) is 4.36. The normalized spacial score (nSPS) is 13.9. The van der Waals surface area contributed by atoms with Crippen LogP contribution in [-0.4, -0.2) is 16.6 Å². The first kappa shape index (κ1) is 9.66. The van der Waals surface area contributed by atoms with Gasteiger partial charge in [0.05, 0.1) is 22.7 Å². The van der Waals surface area contributed by atoms with Gasteiger partial charge in [-0.15, -0.1) is 0 Å². The van der Waals surface area contributed by atoms with Crippen LogP contribution in [0.4, 0.5) is 0 Å². The molecule has 0 amide bonds. The quantitative estimate of drug-likeness (QED) is 0.870. The molecular weight excluding hydrogens is 268 g/mol. The molecule has 4 heteroatoms. The van der Waals surface area contributed by atoms with E-state index in [1.54, 1.807) is 6.33 Å². The highest BCUT2D eigenvalue weighted by Gasteiger charge is 2.17. The second kappa shape index (κ2) is 3.79. The number of nitrogens with one attached hydrogen (secondary N) is 1. The van der Waals surface area contributed by atoms with Gasteiger partial charge in [-0.2, -0.15) is 0 Å². The van der Waals surface area contributed by atoms with Crippen LogP contribution < -0.4 is 4.74 Å². The van der Waals surface area contributed by atoms with Crippen molar-refractivity contribution in [3.8, 4) is 5.75 Å². The Bertz CT molecular complexity index is 546. The molecule has 3 rings (SSSR count). The van der Waals surface area contributed by atoms with E-state index in [-0.39, 0.29) is 0 Å². The third-order valence-corrected chi connectivity index (χ3v) is 3.19. The van der Waals surface area contributed by atoms with E-state index in [1.807, 2.05) is 24.4 Å². The molecule has 0 bridgehead atoms. The van der Waals surface area contributed by atoms with Gasteiger partial charge < -0.3 is 9.72 Å². The predicted octanol–water partition coefficient (Wildman–Crippen LogP) is 3.00. The molecule has 1 aliphatic rings. The number of imidazole rings is 1. The van der Waals surface area contributed by atoms with Crippen LogP contribution in [0.25, 0.3) is 5.57 Å². The van der Waals surface area contributed by atoms with Crippen molar-refractivity contribution in [3.63, 3.8) is 0 Å². The van der Waals surface area contributed by atoms with Gasteiger partial charge in [0.25, 0.3) is 0 Å². The van der Waals surface area contributed by atoms with Crippen molar-refractivity contribution >= 4 is 21.5 Å². The molecule has 0 aliphatic carbocycles. The highest BCUT2D eigenvalue weighted by Crippen LogP contribution is 2.38. The zero-order valence-corrected chi connectivity index (χ0v) is 9.99. The summed E-state index contributed by atoms with van der Waals surface area (Å²) in [7, 11) is 0. The van der Waals surface area contributed by atoms with Gasteiger partial charge >= 0.3 is 0 Å². The molecule has 0 atom stereocenters. The van der Waals surface area contributed by atoms with Crippen molar-refractivity contribution in [3.05, 3.63) is 52.5 Å². The molecule has 0 saturated carbocycles. The van der Waals surface area contributed by atoms with Gasteiger partial charge in [-0.25, -0.2) is 4.98 Å². The number of H-pyrrole nitrogens is 1. The summed E-state index contributed by atoms with van der Waals surface area (Å²) in [6.07, 6.45) is 5.56. The predicted molar refractivity (Wildman–Crippen MR) is 65.3 cm³/mol. The van der Waals surface area contributed by atoms with Gasteiger partial charge in [-0.05, 0) is 28.1 Å². The minimum absolute atomic E-state index is 0.587. The van der Waals surface area contributed by atoms with Crippen molar-refractivity contribution in [2.45, 2.75) is 0 Å². The van der Waals surface area contributed by atoms with E-state index >= 15 is 0 Å². The monoisotopic (exact) mass is 276 g/mol. The van der Waals surface area contributed by atoms with E-state index in [9.17, 15) is 0 Å². The number of fused-ring (bicyclic) bond motifs is 1. The molecular formula is C12H9BrN2O. The molecule has 0 unspecified atom stereocenters. The van der Waals surface area contributed by atoms with E-state index in [0.29, 0.717) is 6.61 Å². The van der Waals surface area contributed by atoms with Gasteiger partial charge in [0.1, 0.15) is 12.4 Å². The number of nitrogens with zero attached hydrogens (tertiary/aromatic N) is 1. The molecule has 2 aromatic rings. The fourth-order valence-corrected chi connectivity index (χ4v) is 2.32. The fourth-order valence-electron chi connectivity index (χ4n) is 1.84. The van der Waals surface area contributed by atoms with Crippen LogP contribution in [0.1, 0.15) is 11.3 Å². The number of ether oxygens (including phenoxy) is 1. The van der Waals surface area contributed by atoms with Crippen LogP contribution in [0.5, 0.6) is 5.75 Å². The van der Waals surface area contributed by atoms with Crippen molar-refractivity contribution < 1.29 is 4.74 Å². The standard InChI is InChI=1S/C12H9BrN2O/c13-10-3-1-2-9-8(4-5-16-12(9)10)11-6-14-7-15-11/h1-4,6-7H,5H2,(H,14,15). The average Bonchev–Trinajstić information content (AvgIpc) is 2.82. The molecule has 0 saturated heterocycles. The number of rotatable bonds is 1. The molecule has 80 valence electrons. The summed E-state index contributed by atoms with van der Waals surface area (Å²) in [4.78, 5) is 7.16. The molecule has 0 radical (unpaired) electrons. The lowest BCUT2D eigenvalue weighted by Gasteiger charge is -2.18. The molecule has 1 aromatic carbocycles. The maximum absolute atomic E-state index is 5.62. The fraction of sp³-hybridized carbons (Fsp3) is 0.0833. The van der Waals surface area contributed by atoms with Gasteiger partial charge in [0.15, 0.2) is 0 Å². The van der Waals surface area contributed by atoms with Gasteiger partial charge in [0.2, 0.25) is 0 Å². The summed E-state index contributed by atoms with van der Waals surface area (Å²) in [5.41, 5.74) is 3.24. The molecule has 0 spiro atoms. The highest BCUT2D eigenvalue weighted by molar-refractivity contribution is 9.10. The summed E-state index contributed by atoms with van der Waals surface area (Å²) in [6, 6.07) is 6.03. The van der Waals surface area contributed by atoms with E-state index in [2.05, 4.69) is 32.0 Å². The number of aromatic nitrogens is 2. The lowest BCUT2D eigenvalue weighted by atomic mass is 10.0. The van der Waals surface area contributed by atoms with Crippen LogP contribution >= 0.6 is 15.9 Å². The zero-order valence-electron chi connectivity index (χ0n) is 8.40. The first-order valence-electron chi connectivity index (χ1n) is 4.97. The Morgan fingerprint density at radius 2 is 2.31 bits per heavy atom. The maximum Gasteiger partial charge on any atom is 0.141 e. The second-order valence-electron chi connectivity index (χ2n) is 3.51. The van der Waals surface area contributed by atoms with Crippen LogP contribution in [-0.2, 0) is 0 Å². The molecule has 1 aromatic heterocycles. The van der Waals surface area contributed by atoms with Crippen molar-refractivity contribution in [1.82, 2.24) is 9.97 Å². The Kier molecular flexibility index (Phi) is 2.29. The molecule has 3 nitrogen and oxygen atoms in total. The minimum Gasteiger partial charge on any atom is -0.488 e. The SMILES string of the molecule is Brc1cccc2c1OCC=C2c1cnc[nH]1. The Morgan fingerprint density at radius 1 is 1.38 bits per heavy atom. The number of hydrogen-bond acceptors (Lipinski definition) is 2. The van der Waals surface area contributed by atoms with Gasteiger partial charge in [-0.3, -0.25) is 0 Å². The summed E-state index contributed by atoms with van der Waals surface area (Å²) in [6.45, 7) is 0.587. The van der Waals surface area contributed by atoms with Gasteiger partial charge in [0, 0.05) is 11.1 Å². The van der Waals surface area contributed by atoms with Crippen molar-refractivity contribution in [2.75, 3.05) is 6.61 Å². The Morgan fingerprint density at radius 3 is 3.12 bits per heavy atom. The summed E-state index contributed by atoms with van der Waals surface area (Å²) in [5.74, 6) is 0.898. The average molecular weight is 277 g/mol. The molecule has 1 N–H and O–H groups in total. The van der Waals surface area contributed by atoms with Crippen molar-refractivity contribution in [1.29, 1.82) is 0 Å². The summed E-state index contributed by atoms with van der Waals surface area (Å²) < 4.78 is 6.61. The number of halogens is 1. The number of aromatic amines is 1. The van der Waals surface area contributed by atoms with E-state index in [4.69, 9.17) is 4.74 Å². The lowest BCUT2D eigenvalue weighted by Crippen LogP contribution is -2.06. The molecule has 1 aliphatic heterocycles. The van der Waals surface area contributed by atoms with Crippen LogP contribution in [0.15, 0.2) is 41.3 Å². The first-order valence-corrected chi connectivity index (χ1v) is 5.76. The van der Waals surface area contributed by atoms with E-state index in [0.717, 1.165) is 27.1 Å². The number of benzene rings is 1. The van der Waals surface area contributed by atoms with Crippen LogP contribution in [0, 0.1) is 0 Å². The Labute approximate surface area is 101 Å². The van der Waals surface area contributed by atoms with Crippen molar-refractivity contribution in [2.24, 2.45) is 0 Å². The Balaban J connectivity index is 2.17. The molecule has 0 fully saturated rings. The number of hydrogen-bond donors (Lipinski definition) is 1. The summed E-state index contributed by atoms with van der Waals surface area (Å²) in [5, 5.41) is 0. The summed E-state index contributed by atoms with van der Waals surface area (Å²) >= 11 is 3.49. The van der Waals surface area contributed by atoms with Crippen LogP contribution in [0.2, 0.25) is 0 Å². The maximum atomic E-state index is 5.62.